The minimum atomic E-state index is -0.0367. The van der Waals surface area contributed by atoms with Gasteiger partial charge in [0, 0.05) is 48.3 Å². The lowest BCUT2D eigenvalue weighted by Gasteiger charge is -2.38. The molecule has 134 valence electrons. The fraction of sp³-hybridized carbons (Fsp3) is 0.632. The molecule has 0 radical (unpaired) electrons. The van der Waals surface area contributed by atoms with Gasteiger partial charge in [-0.15, -0.1) is 11.3 Å². The van der Waals surface area contributed by atoms with Crippen LogP contribution in [0.1, 0.15) is 55.9 Å². The average molecular weight is 359 g/mol. The van der Waals surface area contributed by atoms with Gasteiger partial charge >= 0.3 is 0 Å². The van der Waals surface area contributed by atoms with E-state index in [0.717, 1.165) is 31.2 Å². The number of hydrogen-bond acceptors (Lipinski definition) is 5. The van der Waals surface area contributed by atoms with Crippen LogP contribution in [0, 0.1) is 5.92 Å². The van der Waals surface area contributed by atoms with Crippen molar-refractivity contribution in [1.82, 2.24) is 19.7 Å². The van der Waals surface area contributed by atoms with Crippen LogP contribution in [0.5, 0.6) is 0 Å². The van der Waals surface area contributed by atoms with Crippen molar-refractivity contribution in [2.75, 3.05) is 13.1 Å². The quantitative estimate of drug-likeness (QED) is 0.824. The molecule has 3 heterocycles. The Morgan fingerprint density at radius 2 is 2.00 bits per heavy atom. The molecule has 4 rings (SSSR count). The van der Waals surface area contributed by atoms with Gasteiger partial charge in [0.25, 0.3) is 5.56 Å². The summed E-state index contributed by atoms with van der Waals surface area (Å²) in [5.41, 5.74) is 2.14. The number of nitrogens with zero attached hydrogens (tertiary/aromatic N) is 4. The van der Waals surface area contributed by atoms with E-state index < -0.39 is 0 Å². The SMILES string of the molecule is CC(C)(C)c1ccc(=O)n(CC2CN(Cc3csc(C4CC4)n3)C2)n1. The van der Waals surface area contributed by atoms with Crippen LogP contribution in [0.25, 0.3) is 0 Å². The Morgan fingerprint density at radius 1 is 1.24 bits per heavy atom. The summed E-state index contributed by atoms with van der Waals surface area (Å²) in [6.45, 7) is 10.1. The molecule has 1 aliphatic heterocycles. The molecule has 0 aromatic carbocycles. The zero-order valence-electron chi connectivity index (χ0n) is 15.2. The van der Waals surface area contributed by atoms with Gasteiger partial charge in [-0.2, -0.15) is 5.10 Å². The van der Waals surface area contributed by atoms with Crippen LogP contribution in [0.3, 0.4) is 0 Å². The first-order valence-electron chi connectivity index (χ1n) is 9.14. The molecule has 1 saturated heterocycles. The van der Waals surface area contributed by atoms with Crippen LogP contribution >= 0.6 is 11.3 Å². The molecule has 1 saturated carbocycles. The van der Waals surface area contributed by atoms with Crippen LogP contribution in [0.4, 0.5) is 0 Å². The zero-order valence-corrected chi connectivity index (χ0v) is 16.1. The molecular formula is C19H26N4OS. The van der Waals surface area contributed by atoms with Crippen LogP contribution in [0.2, 0.25) is 0 Å². The smallest absolute Gasteiger partial charge is 0.266 e. The van der Waals surface area contributed by atoms with E-state index >= 15 is 0 Å². The summed E-state index contributed by atoms with van der Waals surface area (Å²) in [5, 5.41) is 8.11. The van der Waals surface area contributed by atoms with E-state index in [1.54, 1.807) is 10.7 Å². The van der Waals surface area contributed by atoms with Crippen LogP contribution in [-0.2, 0) is 18.5 Å². The van der Waals surface area contributed by atoms with Crippen LogP contribution in [-0.4, -0.2) is 32.8 Å². The Kier molecular flexibility index (Phi) is 4.28. The Balaban J connectivity index is 1.32. The van der Waals surface area contributed by atoms with Gasteiger partial charge < -0.3 is 0 Å². The third kappa shape index (κ3) is 3.85. The Labute approximate surface area is 152 Å². The van der Waals surface area contributed by atoms with Crippen molar-refractivity contribution in [3.05, 3.63) is 44.3 Å². The highest BCUT2D eigenvalue weighted by atomic mass is 32.1. The second-order valence-electron chi connectivity index (χ2n) is 8.50. The van der Waals surface area contributed by atoms with E-state index in [1.807, 2.05) is 17.4 Å². The van der Waals surface area contributed by atoms with Crippen molar-refractivity contribution in [3.63, 3.8) is 0 Å². The molecule has 0 amide bonds. The molecule has 2 aromatic rings. The van der Waals surface area contributed by atoms with Crippen molar-refractivity contribution in [1.29, 1.82) is 0 Å². The lowest BCUT2D eigenvalue weighted by molar-refractivity contribution is 0.0752. The first-order valence-corrected chi connectivity index (χ1v) is 10.0. The fourth-order valence-corrected chi connectivity index (χ4v) is 4.27. The van der Waals surface area contributed by atoms with Crippen molar-refractivity contribution >= 4 is 11.3 Å². The van der Waals surface area contributed by atoms with Crippen LogP contribution in [0.15, 0.2) is 22.3 Å². The number of aromatic nitrogens is 3. The molecule has 2 fully saturated rings. The molecule has 0 atom stereocenters. The minimum Gasteiger partial charge on any atom is -0.297 e. The molecule has 0 bridgehead atoms. The number of rotatable bonds is 5. The molecule has 0 spiro atoms. The third-order valence-electron chi connectivity index (χ3n) is 4.98. The average Bonchev–Trinajstić information content (AvgIpc) is 3.25. The molecule has 2 aromatic heterocycles. The summed E-state index contributed by atoms with van der Waals surface area (Å²) in [7, 11) is 0. The van der Waals surface area contributed by atoms with Crippen molar-refractivity contribution in [2.45, 2.75) is 58.0 Å². The van der Waals surface area contributed by atoms with E-state index in [4.69, 9.17) is 4.98 Å². The standard InChI is InChI=1S/C19H26N4OS/c1-19(2,3)16-6-7-17(24)23(21-16)10-13-8-22(9-13)11-15-12-25-18(20-15)14-4-5-14/h6-7,12-14H,4-5,8-11H2,1-3H3. The summed E-state index contributed by atoms with van der Waals surface area (Å²) >= 11 is 1.81. The molecular weight excluding hydrogens is 332 g/mol. The molecule has 0 unspecified atom stereocenters. The summed E-state index contributed by atoms with van der Waals surface area (Å²) in [6, 6.07) is 3.50. The summed E-state index contributed by atoms with van der Waals surface area (Å²) < 4.78 is 1.65. The second-order valence-corrected chi connectivity index (χ2v) is 9.39. The lowest BCUT2D eigenvalue weighted by atomic mass is 9.92. The minimum absolute atomic E-state index is 0.0000245. The second kappa shape index (κ2) is 6.32. The summed E-state index contributed by atoms with van der Waals surface area (Å²) in [5.74, 6) is 1.25. The number of hydrogen-bond donors (Lipinski definition) is 0. The first-order chi connectivity index (χ1) is 11.9. The Hall–Kier alpha value is -1.53. The van der Waals surface area contributed by atoms with Gasteiger partial charge in [-0.3, -0.25) is 9.69 Å². The number of likely N-dealkylation sites (tertiary alicyclic amines) is 1. The van der Waals surface area contributed by atoms with Gasteiger partial charge in [-0.1, -0.05) is 20.8 Å². The zero-order chi connectivity index (χ0) is 17.6. The maximum Gasteiger partial charge on any atom is 0.266 e. The topological polar surface area (TPSA) is 51.0 Å². The molecule has 0 N–H and O–H groups in total. The largest absolute Gasteiger partial charge is 0.297 e. The maximum absolute atomic E-state index is 12.1. The molecule has 1 aliphatic carbocycles. The normalized spacial score (nSPS) is 19.2. The van der Waals surface area contributed by atoms with Crippen molar-refractivity contribution < 1.29 is 0 Å². The monoisotopic (exact) mass is 358 g/mol. The Morgan fingerprint density at radius 3 is 2.68 bits per heavy atom. The van der Waals surface area contributed by atoms with Crippen LogP contribution < -0.4 is 5.56 Å². The number of thiazole rings is 1. The van der Waals surface area contributed by atoms with E-state index in [9.17, 15) is 4.79 Å². The third-order valence-corrected chi connectivity index (χ3v) is 6.04. The van der Waals surface area contributed by atoms with Gasteiger partial charge in [0.05, 0.1) is 22.9 Å². The van der Waals surface area contributed by atoms with E-state index in [0.29, 0.717) is 12.5 Å². The maximum atomic E-state index is 12.1. The lowest BCUT2D eigenvalue weighted by Crippen LogP contribution is -2.49. The Bertz CT molecular complexity index is 809. The summed E-state index contributed by atoms with van der Waals surface area (Å²) in [4.78, 5) is 19.3. The molecule has 2 aliphatic rings. The highest BCUT2D eigenvalue weighted by molar-refractivity contribution is 7.09. The van der Waals surface area contributed by atoms with Crippen molar-refractivity contribution in [3.8, 4) is 0 Å². The van der Waals surface area contributed by atoms with E-state index in [2.05, 4.69) is 36.1 Å². The molecule has 6 heteroatoms. The van der Waals surface area contributed by atoms with Gasteiger partial charge in [0.1, 0.15) is 0 Å². The molecule has 25 heavy (non-hydrogen) atoms. The van der Waals surface area contributed by atoms with Crippen molar-refractivity contribution in [2.24, 2.45) is 5.92 Å². The highest BCUT2D eigenvalue weighted by Crippen LogP contribution is 2.41. The first kappa shape index (κ1) is 16.9. The van der Waals surface area contributed by atoms with Gasteiger partial charge in [0.15, 0.2) is 0 Å². The van der Waals surface area contributed by atoms with E-state index in [1.165, 1.54) is 23.5 Å². The van der Waals surface area contributed by atoms with Gasteiger partial charge in [0.2, 0.25) is 0 Å². The highest BCUT2D eigenvalue weighted by Gasteiger charge is 2.30. The predicted molar refractivity (Wildman–Crippen MR) is 100 cm³/mol. The fourth-order valence-electron chi connectivity index (χ4n) is 3.29. The molecule has 5 nitrogen and oxygen atoms in total. The van der Waals surface area contributed by atoms with Gasteiger partial charge in [-0.25, -0.2) is 9.67 Å². The van der Waals surface area contributed by atoms with Gasteiger partial charge in [-0.05, 0) is 18.9 Å². The predicted octanol–water partition coefficient (Wildman–Crippen LogP) is 3.01. The summed E-state index contributed by atoms with van der Waals surface area (Å²) in [6.07, 6.45) is 2.63. The van der Waals surface area contributed by atoms with E-state index in [-0.39, 0.29) is 11.0 Å².